The highest BCUT2D eigenvalue weighted by molar-refractivity contribution is 5.80. The highest BCUT2D eigenvalue weighted by Crippen LogP contribution is 2.40. The molecule has 0 amide bonds. The Morgan fingerprint density at radius 3 is 2.67 bits per heavy atom. The number of unbranched alkanes of at least 4 members (excludes halogenated alkanes) is 1. The molecule has 1 aliphatic rings. The van der Waals surface area contributed by atoms with E-state index in [0.717, 1.165) is 25.7 Å². The molecule has 0 radical (unpaired) electrons. The van der Waals surface area contributed by atoms with E-state index in [9.17, 15) is 9.90 Å². The van der Waals surface area contributed by atoms with Crippen molar-refractivity contribution in [3.05, 3.63) is 0 Å². The molecule has 0 aliphatic heterocycles. The van der Waals surface area contributed by atoms with Crippen LogP contribution in [0.1, 0.15) is 32.6 Å². The van der Waals surface area contributed by atoms with Gasteiger partial charge in [-0.1, -0.05) is 13.3 Å². The number of rotatable bonds is 8. The van der Waals surface area contributed by atoms with Crippen molar-refractivity contribution in [2.45, 2.75) is 38.1 Å². The molecule has 1 saturated carbocycles. The third-order valence-corrected chi connectivity index (χ3v) is 3.07. The van der Waals surface area contributed by atoms with Gasteiger partial charge in [-0.2, -0.15) is 0 Å². The van der Waals surface area contributed by atoms with Gasteiger partial charge in [0.25, 0.3) is 0 Å². The number of nitrogens with one attached hydrogen (secondary N) is 1. The number of carbonyl (C=O) groups is 1. The molecule has 0 bridgehead atoms. The smallest absolute Gasteiger partial charge is 0.326 e. The van der Waals surface area contributed by atoms with E-state index in [2.05, 4.69) is 12.2 Å². The molecule has 0 spiro atoms. The monoisotopic (exact) mass is 215 g/mol. The molecule has 4 heteroatoms. The van der Waals surface area contributed by atoms with Crippen LogP contribution in [0, 0.1) is 5.92 Å². The van der Waals surface area contributed by atoms with Crippen molar-refractivity contribution in [1.82, 2.24) is 5.32 Å². The summed E-state index contributed by atoms with van der Waals surface area (Å²) >= 11 is 0. The molecule has 0 aromatic carbocycles. The Labute approximate surface area is 91.0 Å². The molecule has 0 saturated heterocycles. The zero-order valence-corrected chi connectivity index (χ0v) is 9.58. The summed E-state index contributed by atoms with van der Waals surface area (Å²) in [5, 5.41) is 12.2. The average molecular weight is 215 g/mol. The lowest BCUT2D eigenvalue weighted by Crippen LogP contribution is -2.56. The Hall–Kier alpha value is -0.610. The van der Waals surface area contributed by atoms with Crippen LogP contribution in [0.25, 0.3) is 0 Å². The molecular formula is C11H21NO3. The van der Waals surface area contributed by atoms with Crippen molar-refractivity contribution >= 4 is 5.97 Å². The second kappa shape index (κ2) is 5.47. The average Bonchev–Trinajstić information content (AvgIpc) is 3.02. The molecule has 1 unspecified atom stereocenters. The molecule has 0 aromatic heterocycles. The van der Waals surface area contributed by atoms with Gasteiger partial charge in [0.1, 0.15) is 5.54 Å². The lowest BCUT2D eigenvalue weighted by atomic mass is 9.94. The van der Waals surface area contributed by atoms with Gasteiger partial charge in [-0.05, 0) is 32.2 Å². The van der Waals surface area contributed by atoms with Crippen molar-refractivity contribution in [2.75, 3.05) is 20.3 Å². The summed E-state index contributed by atoms with van der Waals surface area (Å²) in [5.74, 6) is -0.550. The number of aliphatic carboxylic acids is 1. The predicted octanol–water partition coefficient (Wildman–Crippen LogP) is 1.26. The molecule has 0 aromatic rings. The van der Waals surface area contributed by atoms with E-state index in [1.54, 1.807) is 7.05 Å². The number of likely N-dealkylation sites (N-methyl/N-ethyl adjacent to an activating group) is 1. The van der Waals surface area contributed by atoms with E-state index in [-0.39, 0.29) is 12.5 Å². The first-order valence-electron chi connectivity index (χ1n) is 5.67. The molecule has 1 rings (SSSR count). The molecule has 15 heavy (non-hydrogen) atoms. The van der Waals surface area contributed by atoms with E-state index in [4.69, 9.17) is 4.74 Å². The summed E-state index contributed by atoms with van der Waals surface area (Å²) in [6.07, 6.45) is 4.04. The fourth-order valence-electron chi connectivity index (χ4n) is 1.79. The molecule has 1 atom stereocenters. The van der Waals surface area contributed by atoms with Crippen LogP contribution < -0.4 is 5.32 Å². The van der Waals surface area contributed by atoms with Crippen LogP contribution in [-0.2, 0) is 9.53 Å². The van der Waals surface area contributed by atoms with Crippen LogP contribution in [0.3, 0.4) is 0 Å². The number of carboxylic acid groups (broad SMARTS) is 1. The highest BCUT2D eigenvalue weighted by atomic mass is 16.5. The minimum atomic E-state index is -0.853. The first-order chi connectivity index (χ1) is 7.17. The van der Waals surface area contributed by atoms with E-state index < -0.39 is 11.5 Å². The molecule has 4 nitrogen and oxygen atoms in total. The summed E-state index contributed by atoms with van der Waals surface area (Å²) in [7, 11) is 1.70. The van der Waals surface area contributed by atoms with Gasteiger partial charge in [-0.25, -0.2) is 0 Å². The van der Waals surface area contributed by atoms with Gasteiger partial charge in [-0.3, -0.25) is 4.79 Å². The van der Waals surface area contributed by atoms with Crippen LogP contribution in [0.2, 0.25) is 0 Å². The topological polar surface area (TPSA) is 58.6 Å². The van der Waals surface area contributed by atoms with Gasteiger partial charge in [0.2, 0.25) is 0 Å². The van der Waals surface area contributed by atoms with Crippen molar-refractivity contribution in [3.63, 3.8) is 0 Å². The van der Waals surface area contributed by atoms with Crippen LogP contribution in [-0.4, -0.2) is 36.9 Å². The third kappa shape index (κ3) is 2.92. The van der Waals surface area contributed by atoms with E-state index in [0.29, 0.717) is 6.61 Å². The Balaban J connectivity index is 2.44. The van der Waals surface area contributed by atoms with Crippen molar-refractivity contribution < 1.29 is 14.6 Å². The summed E-state index contributed by atoms with van der Waals surface area (Å²) in [5.41, 5.74) is -0.853. The second-order valence-electron chi connectivity index (χ2n) is 4.21. The summed E-state index contributed by atoms with van der Waals surface area (Å²) < 4.78 is 5.45. The second-order valence-corrected chi connectivity index (χ2v) is 4.21. The number of hydrogen-bond donors (Lipinski definition) is 2. The van der Waals surface area contributed by atoms with Gasteiger partial charge in [-0.15, -0.1) is 0 Å². The van der Waals surface area contributed by atoms with E-state index >= 15 is 0 Å². The number of carboxylic acids is 1. The quantitative estimate of drug-likeness (QED) is 0.598. The summed E-state index contributed by atoms with van der Waals surface area (Å²) in [6.45, 7) is 3.02. The zero-order chi connectivity index (χ0) is 11.3. The summed E-state index contributed by atoms with van der Waals surface area (Å²) in [6, 6.07) is 0. The first kappa shape index (κ1) is 12.5. The number of ether oxygens (including phenoxy) is 1. The zero-order valence-electron chi connectivity index (χ0n) is 9.58. The summed E-state index contributed by atoms with van der Waals surface area (Å²) in [4.78, 5) is 11.3. The van der Waals surface area contributed by atoms with Crippen LogP contribution in [0.15, 0.2) is 0 Å². The Kier molecular flexibility index (Phi) is 4.54. The van der Waals surface area contributed by atoms with Crippen molar-refractivity contribution in [2.24, 2.45) is 5.92 Å². The van der Waals surface area contributed by atoms with E-state index in [1.807, 2.05) is 0 Å². The third-order valence-electron chi connectivity index (χ3n) is 3.07. The SMILES string of the molecule is CCCCOCC(NC)(C(=O)O)C1CC1. The molecular weight excluding hydrogens is 194 g/mol. The van der Waals surface area contributed by atoms with Gasteiger partial charge >= 0.3 is 5.97 Å². The molecule has 2 N–H and O–H groups in total. The lowest BCUT2D eigenvalue weighted by Gasteiger charge is -2.28. The molecule has 0 heterocycles. The Bertz CT molecular complexity index is 216. The minimum Gasteiger partial charge on any atom is -0.480 e. The first-order valence-corrected chi connectivity index (χ1v) is 5.67. The van der Waals surface area contributed by atoms with E-state index in [1.165, 1.54) is 0 Å². The van der Waals surface area contributed by atoms with Gasteiger partial charge in [0.05, 0.1) is 6.61 Å². The maximum Gasteiger partial charge on any atom is 0.326 e. The van der Waals surface area contributed by atoms with Crippen LogP contribution in [0.5, 0.6) is 0 Å². The predicted molar refractivity (Wildman–Crippen MR) is 57.9 cm³/mol. The normalized spacial score (nSPS) is 19.9. The fraction of sp³-hybridized carbons (Fsp3) is 0.909. The number of hydrogen-bond acceptors (Lipinski definition) is 3. The maximum absolute atomic E-state index is 11.3. The van der Waals surface area contributed by atoms with Crippen molar-refractivity contribution in [1.29, 1.82) is 0 Å². The van der Waals surface area contributed by atoms with Crippen LogP contribution >= 0.6 is 0 Å². The standard InChI is InChI=1S/C11H21NO3/c1-3-4-7-15-8-11(12-2,10(13)14)9-5-6-9/h9,12H,3-8H2,1-2H3,(H,13,14). The fourth-order valence-corrected chi connectivity index (χ4v) is 1.79. The minimum absolute atomic E-state index is 0.238. The molecule has 1 aliphatic carbocycles. The van der Waals surface area contributed by atoms with Gasteiger partial charge < -0.3 is 15.2 Å². The van der Waals surface area contributed by atoms with Gasteiger partial charge in [0, 0.05) is 6.61 Å². The Morgan fingerprint density at radius 2 is 2.27 bits per heavy atom. The largest absolute Gasteiger partial charge is 0.480 e. The molecule has 88 valence electrons. The lowest BCUT2D eigenvalue weighted by molar-refractivity contribution is -0.148. The van der Waals surface area contributed by atoms with Crippen LogP contribution in [0.4, 0.5) is 0 Å². The van der Waals surface area contributed by atoms with Gasteiger partial charge in [0.15, 0.2) is 0 Å². The van der Waals surface area contributed by atoms with Crippen molar-refractivity contribution in [3.8, 4) is 0 Å². The Morgan fingerprint density at radius 1 is 1.60 bits per heavy atom. The molecule has 1 fully saturated rings. The maximum atomic E-state index is 11.3. The highest BCUT2D eigenvalue weighted by Gasteiger charge is 2.50.